The Hall–Kier alpha value is -3.33. The fraction of sp³-hybridized carbons (Fsp3) is 0.238. The van der Waals surface area contributed by atoms with Crippen LogP contribution in [0.25, 0.3) is 11.4 Å². The van der Waals surface area contributed by atoms with Crippen molar-refractivity contribution < 1.29 is 9.59 Å². The summed E-state index contributed by atoms with van der Waals surface area (Å²) >= 11 is 1.28. The van der Waals surface area contributed by atoms with E-state index in [-0.39, 0.29) is 23.9 Å². The minimum Gasteiger partial charge on any atom is -0.300 e. The van der Waals surface area contributed by atoms with Crippen molar-refractivity contribution in [1.29, 1.82) is 0 Å². The van der Waals surface area contributed by atoms with Crippen LogP contribution in [0.5, 0.6) is 0 Å². The van der Waals surface area contributed by atoms with Gasteiger partial charge in [-0.1, -0.05) is 42.1 Å². The minimum atomic E-state index is -0.278. The van der Waals surface area contributed by atoms with Crippen molar-refractivity contribution >= 4 is 29.2 Å². The zero-order valence-electron chi connectivity index (χ0n) is 16.8. The maximum atomic E-state index is 12.2. The van der Waals surface area contributed by atoms with E-state index in [9.17, 15) is 9.59 Å². The number of thioether (sulfide) groups is 1. The fourth-order valence-electron chi connectivity index (χ4n) is 2.73. The topological polar surface area (TPSA) is 102 Å². The molecule has 30 heavy (non-hydrogen) atoms. The maximum absolute atomic E-state index is 12.2. The van der Waals surface area contributed by atoms with Crippen LogP contribution in [-0.4, -0.2) is 42.9 Å². The molecule has 0 saturated carbocycles. The number of hydrogen-bond donors (Lipinski definition) is 1. The molecule has 0 aliphatic carbocycles. The van der Waals surface area contributed by atoms with Gasteiger partial charge in [0.1, 0.15) is 5.78 Å². The van der Waals surface area contributed by atoms with Crippen molar-refractivity contribution in [2.24, 2.45) is 5.10 Å². The Morgan fingerprint density at radius 1 is 1.10 bits per heavy atom. The molecule has 0 aliphatic heterocycles. The van der Waals surface area contributed by atoms with Gasteiger partial charge >= 0.3 is 0 Å². The van der Waals surface area contributed by atoms with Crippen molar-refractivity contribution in [2.75, 3.05) is 5.75 Å². The summed E-state index contributed by atoms with van der Waals surface area (Å²) < 4.78 is 1.97. The number of carbonyl (C=O) groups excluding carboxylic acids is 2. The third kappa shape index (κ3) is 6.08. The predicted molar refractivity (Wildman–Crippen MR) is 116 cm³/mol. The van der Waals surface area contributed by atoms with Crippen molar-refractivity contribution in [2.45, 2.75) is 32.0 Å². The molecule has 9 heteroatoms. The molecule has 1 aromatic carbocycles. The van der Waals surface area contributed by atoms with Gasteiger partial charge in [-0.2, -0.15) is 5.10 Å². The van der Waals surface area contributed by atoms with E-state index in [2.05, 4.69) is 25.7 Å². The number of rotatable bonds is 9. The maximum Gasteiger partial charge on any atom is 0.250 e. The van der Waals surface area contributed by atoms with Crippen LogP contribution in [0, 0.1) is 0 Å². The lowest BCUT2D eigenvalue weighted by Gasteiger charge is -2.10. The van der Waals surface area contributed by atoms with Gasteiger partial charge in [0, 0.05) is 30.1 Å². The molecule has 0 bridgehead atoms. The van der Waals surface area contributed by atoms with Crippen LogP contribution in [0.15, 0.2) is 65.1 Å². The number of hydrazone groups is 1. The highest BCUT2D eigenvalue weighted by molar-refractivity contribution is 7.99. The lowest BCUT2D eigenvalue weighted by atomic mass is 10.2. The van der Waals surface area contributed by atoms with E-state index >= 15 is 0 Å². The second-order valence-corrected chi connectivity index (χ2v) is 7.61. The summed E-state index contributed by atoms with van der Waals surface area (Å²) in [6.45, 7) is 3.75. The van der Waals surface area contributed by atoms with Crippen LogP contribution in [0.3, 0.4) is 0 Å². The van der Waals surface area contributed by atoms with Gasteiger partial charge in [0.2, 0.25) is 0 Å². The van der Waals surface area contributed by atoms with Gasteiger partial charge in [-0.25, -0.2) is 5.43 Å². The van der Waals surface area contributed by atoms with Gasteiger partial charge in [0.25, 0.3) is 5.91 Å². The van der Waals surface area contributed by atoms with Crippen molar-refractivity contribution in [3.63, 3.8) is 0 Å². The molecule has 0 fully saturated rings. The Morgan fingerprint density at radius 3 is 2.60 bits per heavy atom. The highest BCUT2D eigenvalue weighted by atomic mass is 32.2. The predicted octanol–water partition coefficient (Wildman–Crippen LogP) is 2.95. The molecule has 0 atom stereocenters. The smallest absolute Gasteiger partial charge is 0.250 e. The van der Waals surface area contributed by atoms with Crippen LogP contribution in [0.4, 0.5) is 0 Å². The lowest BCUT2D eigenvalue weighted by molar-refractivity contribution is -0.119. The molecule has 154 valence electrons. The van der Waals surface area contributed by atoms with Crippen LogP contribution < -0.4 is 5.43 Å². The Morgan fingerprint density at radius 2 is 1.90 bits per heavy atom. The first kappa shape index (κ1) is 21.4. The number of hydrogen-bond acceptors (Lipinski definition) is 7. The summed E-state index contributed by atoms with van der Waals surface area (Å²) in [4.78, 5) is 27.4. The number of amides is 1. The summed E-state index contributed by atoms with van der Waals surface area (Å²) in [5.41, 5.74) is 4.98. The Balaban J connectivity index is 1.75. The number of aromatic nitrogens is 4. The van der Waals surface area contributed by atoms with Crippen LogP contribution in [0.1, 0.15) is 25.8 Å². The largest absolute Gasteiger partial charge is 0.300 e. The van der Waals surface area contributed by atoms with E-state index in [0.29, 0.717) is 23.2 Å². The monoisotopic (exact) mass is 422 g/mol. The van der Waals surface area contributed by atoms with E-state index < -0.39 is 0 Å². The van der Waals surface area contributed by atoms with E-state index in [0.717, 1.165) is 11.1 Å². The molecule has 0 unspecified atom stereocenters. The van der Waals surface area contributed by atoms with Gasteiger partial charge in [-0.05, 0) is 31.5 Å². The van der Waals surface area contributed by atoms with Crippen molar-refractivity contribution in [3.05, 3.63) is 60.4 Å². The van der Waals surface area contributed by atoms with Gasteiger partial charge in [-0.3, -0.25) is 19.1 Å². The normalized spacial score (nSPS) is 11.3. The average molecular weight is 423 g/mol. The number of nitrogens with one attached hydrogen (secondary N) is 1. The molecule has 8 nitrogen and oxygen atoms in total. The number of ketones is 1. The molecule has 3 rings (SSSR count). The highest BCUT2D eigenvalue weighted by Crippen LogP contribution is 2.24. The molecular weight excluding hydrogens is 400 g/mol. The molecule has 2 heterocycles. The van der Waals surface area contributed by atoms with E-state index in [1.54, 1.807) is 19.3 Å². The van der Waals surface area contributed by atoms with Crippen molar-refractivity contribution in [1.82, 2.24) is 25.2 Å². The second-order valence-electron chi connectivity index (χ2n) is 6.67. The molecular formula is C21H22N6O2S. The number of benzene rings is 1. The van der Waals surface area contributed by atoms with Crippen molar-refractivity contribution in [3.8, 4) is 11.4 Å². The number of nitrogens with zero attached hydrogens (tertiary/aromatic N) is 5. The quantitative estimate of drug-likeness (QED) is 0.323. The number of Topliss-reactive ketones (excluding diaryl/α,β-unsaturated/α-hetero) is 1. The summed E-state index contributed by atoms with van der Waals surface area (Å²) in [7, 11) is 0. The molecule has 1 amide bonds. The van der Waals surface area contributed by atoms with E-state index in [1.807, 2.05) is 47.0 Å². The first-order valence-corrected chi connectivity index (χ1v) is 10.3. The Kier molecular flexibility index (Phi) is 7.45. The van der Waals surface area contributed by atoms with Gasteiger partial charge in [-0.15, -0.1) is 10.2 Å². The molecule has 1 N–H and O–H groups in total. The third-order valence-corrected chi connectivity index (χ3v) is 5.00. The third-order valence-electron chi connectivity index (χ3n) is 4.03. The van der Waals surface area contributed by atoms with Gasteiger partial charge in [0.15, 0.2) is 11.0 Å². The zero-order valence-corrected chi connectivity index (χ0v) is 17.6. The van der Waals surface area contributed by atoms with E-state index in [1.165, 1.54) is 18.7 Å². The van der Waals surface area contributed by atoms with Gasteiger partial charge < -0.3 is 0 Å². The van der Waals surface area contributed by atoms with Crippen LogP contribution >= 0.6 is 11.8 Å². The molecule has 0 radical (unpaired) electrons. The Bertz CT molecular complexity index is 1030. The standard InChI is InChI=1S/C21H22N6O2S/c1-15(11-16(2)28)23-24-19(29)14-30-21-26-25-20(18-9-6-10-22-12-18)27(21)13-17-7-4-3-5-8-17/h3-10,12H,11,13-14H2,1-2H3,(H,24,29)/b23-15+. The molecule has 0 aliphatic rings. The minimum absolute atomic E-state index is 0.00295. The average Bonchev–Trinajstić information content (AvgIpc) is 3.14. The summed E-state index contributed by atoms with van der Waals surface area (Å²) in [6.07, 6.45) is 3.66. The van der Waals surface area contributed by atoms with E-state index in [4.69, 9.17) is 0 Å². The first-order chi connectivity index (χ1) is 14.5. The van der Waals surface area contributed by atoms with Gasteiger partial charge in [0.05, 0.1) is 12.3 Å². The molecule has 0 saturated heterocycles. The Labute approximate surface area is 178 Å². The lowest BCUT2D eigenvalue weighted by Crippen LogP contribution is -2.21. The molecule has 2 aromatic heterocycles. The highest BCUT2D eigenvalue weighted by Gasteiger charge is 2.16. The second kappa shape index (κ2) is 10.4. The number of carbonyl (C=O) groups is 2. The summed E-state index contributed by atoms with van der Waals surface area (Å²) in [5.74, 6) is 0.527. The SMILES string of the molecule is CC(=O)C/C(C)=N/NC(=O)CSc1nnc(-c2cccnc2)n1Cc1ccccc1. The summed E-state index contributed by atoms with van der Waals surface area (Å²) in [6, 6.07) is 13.7. The molecule has 3 aromatic rings. The number of pyridine rings is 1. The summed E-state index contributed by atoms with van der Waals surface area (Å²) in [5, 5.41) is 13.2. The van der Waals surface area contributed by atoms with Crippen LogP contribution in [-0.2, 0) is 16.1 Å². The molecule has 0 spiro atoms. The fourth-order valence-corrected chi connectivity index (χ4v) is 3.46. The van der Waals surface area contributed by atoms with Crippen LogP contribution in [0.2, 0.25) is 0 Å². The zero-order chi connectivity index (χ0) is 21.3. The first-order valence-electron chi connectivity index (χ1n) is 9.34.